The fourth-order valence-electron chi connectivity index (χ4n) is 2.96. The predicted octanol–water partition coefficient (Wildman–Crippen LogP) is 2.39. The molecule has 1 atom stereocenters. The number of rotatable bonds is 11. The van der Waals surface area contributed by atoms with Gasteiger partial charge in [0.1, 0.15) is 18.0 Å². The second kappa shape index (κ2) is 11.6. The molecule has 0 saturated heterocycles. The van der Waals surface area contributed by atoms with Gasteiger partial charge >= 0.3 is 5.97 Å². The molecule has 1 heterocycles. The Labute approximate surface area is 188 Å². The number of aromatic nitrogens is 2. The number of ether oxygens (including phenoxy) is 4. The Morgan fingerprint density at radius 2 is 1.84 bits per heavy atom. The number of nitrogens with one attached hydrogen (secondary N) is 1. The Morgan fingerprint density at radius 1 is 1.16 bits per heavy atom. The molecule has 9 nitrogen and oxygen atoms in total. The van der Waals surface area contributed by atoms with Gasteiger partial charge in [0.25, 0.3) is 5.56 Å². The third-order valence-corrected chi connectivity index (χ3v) is 4.46. The van der Waals surface area contributed by atoms with Crippen molar-refractivity contribution in [3.05, 3.63) is 51.9 Å². The quantitative estimate of drug-likeness (QED) is 0.524. The monoisotopic (exact) mass is 447 g/mol. The van der Waals surface area contributed by atoms with Gasteiger partial charge in [-0.05, 0) is 45.4 Å². The van der Waals surface area contributed by atoms with Crippen molar-refractivity contribution in [3.8, 4) is 5.75 Å². The Kier molecular flexibility index (Phi) is 9.22. The van der Waals surface area contributed by atoms with Gasteiger partial charge in [0.2, 0.25) is 0 Å². The van der Waals surface area contributed by atoms with E-state index in [-0.39, 0.29) is 24.8 Å². The maximum atomic E-state index is 12.8. The van der Waals surface area contributed by atoms with Gasteiger partial charge in [-0.1, -0.05) is 12.1 Å². The lowest BCUT2D eigenvalue weighted by molar-refractivity contribution is -0.160. The molecule has 9 heteroatoms. The highest BCUT2D eigenvalue weighted by Crippen LogP contribution is 2.14. The largest absolute Gasteiger partial charge is 0.497 e. The number of hydrogen-bond acceptors (Lipinski definition) is 8. The molecule has 1 aromatic carbocycles. The minimum atomic E-state index is -0.566. The minimum absolute atomic E-state index is 0.167. The maximum absolute atomic E-state index is 12.8. The van der Waals surface area contributed by atoms with Crippen LogP contribution >= 0.6 is 0 Å². The Balaban J connectivity index is 2.01. The fraction of sp³-hybridized carbons (Fsp3) is 0.522. The van der Waals surface area contributed by atoms with Crippen molar-refractivity contribution < 1.29 is 23.7 Å². The van der Waals surface area contributed by atoms with Gasteiger partial charge in [-0.3, -0.25) is 4.79 Å². The Hall–Kier alpha value is -2.91. The second-order valence-corrected chi connectivity index (χ2v) is 8.39. The van der Waals surface area contributed by atoms with Crippen molar-refractivity contribution >= 4 is 11.7 Å². The minimum Gasteiger partial charge on any atom is -0.497 e. The molecule has 0 unspecified atom stereocenters. The third-order valence-electron chi connectivity index (χ3n) is 4.46. The van der Waals surface area contributed by atoms with Crippen LogP contribution in [0.5, 0.6) is 5.75 Å². The van der Waals surface area contributed by atoms with Crippen molar-refractivity contribution in [1.82, 2.24) is 9.78 Å². The maximum Gasteiger partial charge on any atom is 0.332 e. The first kappa shape index (κ1) is 25.4. The topological polar surface area (TPSA) is 101 Å². The summed E-state index contributed by atoms with van der Waals surface area (Å²) in [5, 5.41) is 7.52. The van der Waals surface area contributed by atoms with Gasteiger partial charge in [-0.2, -0.15) is 5.10 Å². The SMILES string of the molecule is COC[C@@H](COCC(=O)OC(C)(C)C)Nc1cnn(Cc2ccc(OC)cc2)c(=O)c1C. The molecule has 176 valence electrons. The van der Waals surface area contributed by atoms with Crippen LogP contribution in [0.2, 0.25) is 0 Å². The number of nitrogens with zero attached hydrogens (tertiary/aromatic N) is 2. The lowest BCUT2D eigenvalue weighted by Gasteiger charge is -2.22. The average molecular weight is 448 g/mol. The number of methoxy groups -OCH3 is 2. The zero-order chi connectivity index (χ0) is 23.7. The first-order valence-electron chi connectivity index (χ1n) is 10.4. The zero-order valence-electron chi connectivity index (χ0n) is 19.6. The van der Waals surface area contributed by atoms with Crippen molar-refractivity contribution in [3.63, 3.8) is 0 Å². The predicted molar refractivity (Wildman–Crippen MR) is 121 cm³/mol. The van der Waals surface area contributed by atoms with Gasteiger partial charge in [-0.15, -0.1) is 0 Å². The van der Waals surface area contributed by atoms with Crippen LogP contribution in [0.1, 0.15) is 31.9 Å². The van der Waals surface area contributed by atoms with E-state index >= 15 is 0 Å². The van der Waals surface area contributed by atoms with E-state index in [4.69, 9.17) is 18.9 Å². The number of benzene rings is 1. The highest BCUT2D eigenvalue weighted by molar-refractivity contribution is 5.71. The molecular formula is C23H33N3O6. The molecule has 1 N–H and O–H groups in total. The van der Waals surface area contributed by atoms with Gasteiger partial charge in [0.15, 0.2) is 0 Å². The highest BCUT2D eigenvalue weighted by Gasteiger charge is 2.18. The van der Waals surface area contributed by atoms with Gasteiger partial charge in [0.05, 0.1) is 44.8 Å². The molecule has 0 amide bonds. The van der Waals surface area contributed by atoms with Crippen LogP contribution in [0.15, 0.2) is 35.3 Å². The van der Waals surface area contributed by atoms with Gasteiger partial charge in [0, 0.05) is 12.7 Å². The van der Waals surface area contributed by atoms with Crippen molar-refractivity contribution in [2.24, 2.45) is 0 Å². The smallest absolute Gasteiger partial charge is 0.332 e. The van der Waals surface area contributed by atoms with E-state index in [1.165, 1.54) is 4.68 Å². The lowest BCUT2D eigenvalue weighted by Crippen LogP contribution is -2.34. The molecule has 0 radical (unpaired) electrons. The van der Waals surface area contributed by atoms with Crippen molar-refractivity contribution in [1.29, 1.82) is 0 Å². The van der Waals surface area contributed by atoms with Crippen LogP contribution in [-0.4, -0.2) is 61.4 Å². The number of anilines is 1. The molecule has 0 aliphatic heterocycles. The average Bonchev–Trinajstić information content (AvgIpc) is 2.72. The summed E-state index contributed by atoms with van der Waals surface area (Å²) in [6, 6.07) is 7.20. The van der Waals surface area contributed by atoms with Crippen LogP contribution in [0.3, 0.4) is 0 Å². The molecule has 0 aliphatic carbocycles. The number of carbonyl (C=O) groups is 1. The van der Waals surface area contributed by atoms with Crippen LogP contribution < -0.4 is 15.6 Å². The van der Waals surface area contributed by atoms with E-state index in [2.05, 4.69) is 10.4 Å². The summed E-state index contributed by atoms with van der Waals surface area (Å²) in [6.45, 7) is 7.84. The molecule has 0 spiro atoms. The Morgan fingerprint density at radius 3 is 2.44 bits per heavy atom. The van der Waals surface area contributed by atoms with Crippen LogP contribution in [0, 0.1) is 6.92 Å². The van der Waals surface area contributed by atoms with Crippen LogP contribution in [0.25, 0.3) is 0 Å². The molecule has 2 rings (SSSR count). The van der Waals surface area contributed by atoms with E-state index in [1.54, 1.807) is 48.1 Å². The van der Waals surface area contributed by atoms with Gasteiger partial charge in [-0.25, -0.2) is 9.48 Å². The lowest BCUT2D eigenvalue weighted by atomic mass is 10.2. The molecule has 32 heavy (non-hydrogen) atoms. The fourth-order valence-corrected chi connectivity index (χ4v) is 2.96. The normalized spacial score (nSPS) is 12.3. The second-order valence-electron chi connectivity index (χ2n) is 8.39. The Bertz CT molecular complexity index is 934. The molecule has 0 aliphatic rings. The summed E-state index contributed by atoms with van der Waals surface area (Å²) in [7, 11) is 3.18. The van der Waals surface area contributed by atoms with Crippen LogP contribution in [-0.2, 0) is 25.5 Å². The van der Waals surface area contributed by atoms with Crippen LogP contribution in [0.4, 0.5) is 5.69 Å². The zero-order valence-corrected chi connectivity index (χ0v) is 19.6. The summed E-state index contributed by atoms with van der Waals surface area (Å²) >= 11 is 0. The van der Waals surface area contributed by atoms with E-state index in [1.807, 2.05) is 24.3 Å². The molecule has 0 fully saturated rings. The first-order chi connectivity index (χ1) is 15.1. The van der Waals surface area contributed by atoms with Gasteiger partial charge < -0.3 is 24.3 Å². The summed E-state index contributed by atoms with van der Waals surface area (Å²) < 4.78 is 22.5. The molecule has 0 saturated carbocycles. The standard InChI is InChI=1S/C23H33N3O6/c1-16-20(25-18(13-29-5)14-31-15-21(27)32-23(2,3)4)11-24-26(22(16)28)12-17-7-9-19(30-6)10-8-17/h7-11,18,25H,12-15H2,1-6H3/t18-/m0/s1. The first-order valence-corrected chi connectivity index (χ1v) is 10.4. The molecule has 1 aromatic heterocycles. The summed E-state index contributed by atoms with van der Waals surface area (Å²) in [5.41, 5.74) is 1.29. The van der Waals surface area contributed by atoms with E-state index in [0.717, 1.165) is 11.3 Å². The third kappa shape index (κ3) is 7.97. The molecular weight excluding hydrogens is 414 g/mol. The highest BCUT2D eigenvalue weighted by atomic mass is 16.6. The van der Waals surface area contributed by atoms with Crippen molar-refractivity contribution in [2.75, 3.05) is 39.4 Å². The summed E-state index contributed by atoms with van der Waals surface area (Å²) in [5.74, 6) is 0.315. The van der Waals surface area contributed by atoms with E-state index < -0.39 is 11.6 Å². The molecule has 0 bridgehead atoms. The van der Waals surface area contributed by atoms with E-state index in [0.29, 0.717) is 24.4 Å². The van der Waals surface area contributed by atoms with Crippen molar-refractivity contribution in [2.45, 2.75) is 45.9 Å². The molecule has 2 aromatic rings. The summed E-state index contributed by atoms with van der Waals surface area (Å²) in [6.07, 6.45) is 1.61. The number of esters is 1. The van der Waals surface area contributed by atoms with E-state index in [9.17, 15) is 9.59 Å². The number of carbonyl (C=O) groups excluding carboxylic acids is 1. The summed E-state index contributed by atoms with van der Waals surface area (Å²) in [4.78, 5) is 24.6. The number of hydrogen-bond donors (Lipinski definition) is 1.